The predicted octanol–water partition coefficient (Wildman–Crippen LogP) is -2.54. The van der Waals surface area contributed by atoms with Crippen LogP contribution in [0.15, 0.2) is 5.28 Å². The molecule has 0 aliphatic heterocycles. The summed E-state index contributed by atoms with van der Waals surface area (Å²) in [5.74, 6) is 0. The Morgan fingerprint density at radius 3 is 2.15 bits per heavy atom. The molecule has 0 bridgehead atoms. The third-order valence-electron chi connectivity index (χ3n) is 1.36. The van der Waals surface area contributed by atoms with Crippen LogP contribution >= 0.6 is 0 Å². The molecule has 0 fully saturated rings. The first-order valence-corrected chi connectivity index (χ1v) is 3.62. The first-order valence-electron chi connectivity index (χ1n) is 3.62. The Balaban J connectivity index is 0. The molecule has 0 heterocycles. The molecular formula is C6H14N3NaO3. The molecule has 0 amide bonds. The molecule has 0 spiro atoms. The van der Waals surface area contributed by atoms with Crippen molar-refractivity contribution in [2.75, 3.05) is 13.2 Å². The van der Waals surface area contributed by atoms with Crippen molar-refractivity contribution in [3.8, 4) is 0 Å². The molecular weight excluding hydrogens is 185 g/mol. The molecule has 0 atom stereocenters. The Morgan fingerprint density at radius 2 is 1.92 bits per heavy atom. The zero-order valence-corrected chi connectivity index (χ0v) is 10.5. The first kappa shape index (κ1) is 15.4. The van der Waals surface area contributed by atoms with E-state index >= 15 is 0 Å². The monoisotopic (exact) mass is 199 g/mol. The standard InChI is InChI=1S/C6H15N3O3.Na/c1-6(2,3)8(4-5-10)9(12)7-11;/h10-11H,4-5H2,1-3H3;/q;+1/p-1/b9-7+;. The van der Waals surface area contributed by atoms with Gasteiger partial charge in [-0.2, -0.15) is 0 Å². The Bertz CT molecular complexity index is 169. The van der Waals surface area contributed by atoms with E-state index in [9.17, 15) is 10.4 Å². The average molecular weight is 199 g/mol. The van der Waals surface area contributed by atoms with Crippen molar-refractivity contribution in [1.82, 2.24) is 5.01 Å². The third-order valence-corrected chi connectivity index (χ3v) is 1.36. The van der Waals surface area contributed by atoms with E-state index in [0.29, 0.717) is 0 Å². The van der Waals surface area contributed by atoms with E-state index in [1.54, 1.807) is 20.8 Å². The van der Waals surface area contributed by atoms with E-state index in [4.69, 9.17) is 5.11 Å². The van der Waals surface area contributed by atoms with E-state index in [-0.39, 0.29) is 47.7 Å². The van der Waals surface area contributed by atoms with Gasteiger partial charge in [0.25, 0.3) is 0 Å². The summed E-state index contributed by atoms with van der Waals surface area (Å²) in [6, 6.07) is 0. The maximum Gasteiger partial charge on any atom is 1.00 e. The second-order valence-electron chi connectivity index (χ2n) is 3.35. The van der Waals surface area contributed by atoms with E-state index < -0.39 is 5.54 Å². The number of aliphatic hydroxyl groups is 1. The first-order chi connectivity index (χ1) is 5.43. The van der Waals surface area contributed by atoms with Crippen LogP contribution in [0, 0.1) is 10.4 Å². The fourth-order valence-corrected chi connectivity index (χ4v) is 0.816. The Labute approximate surface area is 99.7 Å². The number of hydrazine groups is 1. The minimum atomic E-state index is -0.515. The van der Waals surface area contributed by atoms with Crippen molar-refractivity contribution >= 4 is 0 Å². The van der Waals surface area contributed by atoms with Crippen molar-refractivity contribution in [1.29, 1.82) is 0 Å². The number of rotatable bonds is 3. The van der Waals surface area contributed by atoms with Crippen molar-refractivity contribution in [2.45, 2.75) is 26.3 Å². The summed E-state index contributed by atoms with van der Waals surface area (Å²) in [5, 5.41) is 32.7. The zero-order valence-electron chi connectivity index (χ0n) is 8.52. The van der Waals surface area contributed by atoms with Crippen molar-refractivity contribution < 1.29 is 39.6 Å². The molecule has 0 aromatic heterocycles. The number of hydrogen-bond acceptors (Lipinski definition) is 4. The summed E-state index contributed by atoms with van der Waals surface area (Å²) in [5.41, 5.74) is -0.515. The summed E-state index contributed by atoms with van der Waals surface area (Å²) in [4.78, 5) is -0.0454. The van der Waals surface area contributed by atoms with Gasteiger partial charge in [0.1, 0.15) is 6.54 Å². The van der Waals surface area contributed by atoms with Gasteiger partial charge in [-0.1, -0.05) is 0 Å². The normalized spacial score (nSPS) is 12.2. The molecule has 7 heteroatoms. The van der Waals surface area contributed by atoms with Crippen LogP contribution in [0.1, 0.15) is 20.8 Å². The molecule has 6 nitrogen and oxygen atoms in total. The fraction of sp³-hybridized carbons (Fsp3) is 1.00. The van der Waals surface area contributed by atoms with Crippen LogP contribution in [-0.2, 0) is 0 Å². The Hall–Kier alpha value is -0.0400. The van der Waals surface area contributed by atoms with Crippen LogP contribution in [0.25, 0.3) is 0 Å². The van der Waals surface area contributed by atoms with E-state index in [1.807, 2.05) is 0 Å². The molecule has 0 aliphatic carbocycles. The van der Waals surface area contributed by atoms with Gasteiger partial charge in [0.15, 0.2) is 0 Å². The van der Waals surface area contributed by atoms with Gasteiger partial charge in [-0.3, -0.25) is 0 Å². The second-order valence-corrected chi connectivity index (χ2v) is 3.35. The van der Waals surface area contributed by atoms with E-state index in [0.717, 1.165) is 5.01 Å². The Kier molecular flexibility index (Phi) is 7.62. The van der Waals surface area contributed by atoms with Gasteiger partial charge >= 0.3 is 29.6 Å². The molecule has 72 valence electrons. The molecule has 0 aromatic rings. The molecule has 0 radical (unpaired) electrons. The van der Waals surface area contributed by atoms with Crippen molar-refractivity contribution in [3.05, 3.63) is 10.4 Å². The van der Waals surface area contributed by atoms with Crippen LogP contribution in [0.5, 0.6) is 0 Å². The molecule has 0 rings (SSSR count). The number of nitrogens with zero attached hydrogens (tertiary/aromatic N) is 3. The quantitative estimate of drug-likeness (QED) is 0.235. The average Bonchev–Trinajstić information content (AvgIpc) is 1.96. The third kappa shape index (κ3) is 5.30. The minimum Gasteiger partial charge on any atom is -0.737 e. The van der Waals surface area contributed by atoms with Crippen molar-refractivity contribution in [3.63, 3.8) is 0 Å². The molecule has 1 N–H and O–H groups in total. The van der Waals surface area contributed by atoms with Gasteiger partial charge in [0, 0.05) is 4.97 Å². The molecule has 0 aliphatic rings. The summed E-state index contributed by atoms with van der Waals surface area (Å²) in [7, 11) is 0. The van der Waals surface area contributed by atoms with Crippen LogP contribution in [0.3, 0.4) is 0 Å². The van der Waals surface area contributed by atoms with E-state index in [1.165, 1.54) is 0 Å². The van der Waals surface area contributed by atoms with Gasteiger partial charge < -0.3 is 15.5 Å². The number of β-amino-alcohol motifs (C(OH)–C–C–N with tert-alkyl or cyclic N) is 1. The number of aliphatic hydroxyl groups excluding tert-OH is 1. The maximum absolute atomic E-state index is 10.8. The summed E-state index contributed by atoms with van der Waals surface area (Å²) >= 11 is 0. The predicted molar refractivity (Wildman–Crippen MR) is 43.0 cm³/mol. The van der Waals surface area contributed by atoms with E-state index in [2.05, 4.69) is 5.28 Å². The molecule has 0 unspecified atom stereocenters. The molecule has 13 heavy (non-hydrogen) atoms. The molecule has 0 saturated heterocycles. The zero-order chi connectivity index (χ0) is 9.78. The topological polar surface area (TPSA) is 85.0 Å². The minimum absolute atomic E-state index is 0. The Morgan fingerprint density at radius 1 is 1.46 bits per heavy atom. The smallest absolute Gasteiger partial charge is 0.737 e. The van der Waals surface area contributed by atoms with Crippen LogP contribution in [0.2, 0.25) is 0 Å². The molecule has 0 saturated carbocycles. The van der Waals surface area contributed by atoms with Gasteiger partial charge in [-0.25, -0.2) is 0 Å². The van der Waals surface area contributed by atoms with Crippen LogP contribution in [-0.4, -0.2) is 33.8 Å². The van der Waals surface area contributed by atoms with Crippen LogP contribution in [0.4, 0.5) is 0 Å². The van der Waals surface area contributed by atoms with Gasteiger partial charge in [-0.05, 0) is 26.0 Å². The van der Waals surface area contributed by atoms with Crippen molar-refractivity contribution in [2.24, 2.45) is 5.28 Å². The van der Waals surface area contributed by atoms with Gasteiger partial charge in [0.2, 0.25) is 0 Å². The molecule has 0 aromatic carbocycles. The fourth-order valence-electron chi connectivity index (χ4n) is 0.816. The summed E-state index contributed by atoms with van der Waals surface area (Å²) in [6.07, 6.45) is 0. The largest absolute Gasteiger partial charge is 1.00 e. The second kappa shape index (κ2) is 6.42. The summed E-state index contributed by atoms with van der Waals surface area (Å²) < 4.78 is 0. The van der Waals surface area contributed by atoms with Gasteiger partial charge in [0.05, 0.1) is 12.1 Å². The number of hydrogen-bond donors (Lipinski definition) is 1. The van der Waals surface area contributed by atoms with Crippen LogP contribution < -0.4 is 29.6 Å². The summed E-state index contributed by atoms with van der Waals surface area (Å²) in [6.45, 7) is 5.15. The maximum atomic E-state index is 10.8. The SMILES string of the molecule is CC(C)(C)N(CCO)/[N+]([O-])=N\[O-].[Na+]. The van der Waals surface area contributed by atoms with Gasteiger partial charge in [-0.15, -0.1) is 5.01 Å².